The zero-order chi connectivity index (χ0) is 21.5. The maximum atomic E-state index is 12.9. The van der Waals surface area contributed by atoms with Crippen LogP contribution in [0, 0.1) is 0 Å². The number of amides is 3. The number of hydrogen-bond donors (Lipinski definition) is 3. The first-order chi connectivity index (χ1) is 14.5. The van der Waals surface area contributed by atoms with E-state index in [2.05, 4.69) is 10.6 Å². The maximum Gasteiger partial charge on any atom is 0.251 e. The molecule has 0 heterocycles. The Kier molecular flexibility index (Phi) is 6.60. The molecule has 3 amide bonds. The smallest absolute Gasteiger partial charge is 0.251 e. The zero-order valence-electron chi connectivity index (χ0n) is 16.5. The standard InChI is InChI=1S/C24H23N3O3/c1-26-24(30)21(27-23(29)19-14-12-18(13-15-19)22(25)28)20(16-8-4-2-5-9-16)17-10-6-3-7-11-17/h2-15,20-21H,1H3,(H2,25,28)(H,26,30)(H,27,29)/t21-/m0/s1. The molecule has 30 heavy (non-hydrogen) atoms. The van der Waals surface area contributed by atoms with Crippen molar-refractivity contribution in [2.75, 3.05) is 7.05 Å². The Morgan fingerprint density at radius 3 is 1.63 bits per heavy atom. The fraction of sp³-hybridized carbons (Fsp3) is 0.125. The first-order valence-corrected chi connectivity index (χ1v) is 9.53. The molecule has 0 aliphatic carbocycles. The van der Waals surface area contributed by atoms with E-state index < -0.39 is 17.9 Å². The van der Waals surface area contributed by atoms with Crippen molar-refractivity contribution in [3.05, 3.63) is 107 Å². The zero-order valence-corrected chi connectivity index (χ0v) is 16.5. The van der Waals surface area contributed by atoms with E-state index in [-0.39, 0.29) is 11.8 Å². The fourth-order valence-corrected chi connectivity index (χ4v) is 3.36. The fourth-order valence-electron chi connectivity index (χ4n) is 3.36. The van der Waals surface area contributed by atoms with Crippen molar-refractivity contribution >= 4 is 17.7 Å². The number of likely N-dealkylation sites (N-methyl/N-ethyl adjacent to an activating group) is 1. The molecule has 0 bridgehead atoms. The summed E-state index contributed by atoms with van der Waals surface area (Å²) in [6, 6.07) is 24.3. The minimum absolute atomic E-state index is 0.306. The van der Waals surface area contributed by atoms with Gasteiger partial charge in [0.2, 0.25) is 11.8 Å². The largest absolute Gasteiger partial charge is 0.366 e. The summed E-state index contributed by atoms with van der Waals surface area (Å²) in [4.78, 5) is 37.0. The Hall–Kier alpha value is -3.93. The van der Waals surface area contributed by atoms with Crippen LogP contribution in [0.2, 0.25) is 0 Å². The van der Waals surface area contributed by atoms with Crippen molar-refractivity contribution in [1.82, 2.24) is 10.6 Å². The van der Waals surface area contributed by atoms with E-state index in [0.29, 0.717) is 11.1 Å². The van der Waals surface area contributed by atoms with Crippen molar-refractivity contribution in [1.29, 1.82) is 0 Å². The molecular weight excluding hydrogens is 378 g/mol. The number of hydrogen-bond acceptors (Lipinski definition) is 3. The summed E-state index contributed by atoms with van der Waals surface area (Å²) in [5.74, 6) is -1.69. The molecule has 1 atom stereocenters. The molecule has 0 aliphatic heterocycles. The lowest BCUT2D eigenvalue weighted by atomic mass is 9.84. The molecule has 0 spiro atoms. The molecule has 0 radical (unpaired) electrons. The van der Waals surface area contributed by atoms with Gasteiger partial charge in [-0.2, -0.15) is 0 Å². The van der Waals surface area contributed by atoms with Gasteiger partial charge in [0.25, 0.3) is 5.91 Å². The predicted molar refractivity (Wildman–Crippen MR) is 115 cm³/mol. The molecule has 3 rings (SSSR count). The third-order valence-corrected chi connectivity index (χ3v) is 4.90. The lowest BCUT2D eigenvalue weighted by Gasteiger charge is -2.28. The Bertz CT molecular complexity index is 979. The van der Waals surface area contributed by atoms with Gasteiger partial charge >= 0.3 is 0 Å². The van der Waals surface area contributed by atoms with Crippen molar-refractivity contribution in [3.63, 3.8) is 0 Å². The van der Waals surface area contributed by atoms with Crippen LogP contribution in [0.1, 0.15) is 37.8 Å². The molecule has 6 heteroatoms. The number of primary amides is 1. The van der Waals surface area contributed by atoms with Gasteiger partial charge in [-0.1, -0.05) is 60.7 Å². The summed E-state index contributed by atoms with van der Waals surface area (Å²) in [5, 5.41) is 5.51. The topological polar surface area (TPSA) is 101 Å². The number of carbonyl (C=O) groups is 3. The number of rotatable bonds is 7. The summed E-state index contributed by atoms with van der Waals surface area (Å²) in [6.45, 7) is 0. The van der Waals surface area contributed by atoms with Gasteiger partial charge in [0.05, 0.1) is 0 Å². The normalized spacial score (nSPS) is 11.5. The lowest BCUT2D eigenvalue weighted by molar-refractivity contribution is -0.122. The van der Waals surface area contributed by atoms with Crippen molar-refractivity contribution in [3.8, 4) is 0 Å². The first kappa shape index (κ1) is 20.8. The van der Waals surface area contributed by atoms with Crippen molar-refractivity contribution in [2.24, 2.45) is 5.73 Å². The minimum atomic E-state index is -0.844. The van der Waals surface area contributed by atoms with Gasteiger partial charge in [-0.25, -0.2) is 0 Å². The van der Waals surface area contributed by atoms with Gasteiger partial charge in [-0.15, -0.1) is 0 Å². The van der Waals surface area contributed by atoms with E-state index in [4.69, 9.17) is 5.73 Å². The molecule has 0 unspecified atom stereocenters. The van der Waals surface area contributed by atoms with Crippen molar-refractivity contribution in [2.45, 2.75) is 12.0 Å². The SMILES string of the molecule is CNC(=O)[C@@H](NC(=O)c1ccc(C(N)=O)cc1)C(c1ccccc1)c1ccccc1. The molecule has 3 aromatic carbocycles. The Morgan fingerprint density at radius 2 is 1.20 bits per heavy atom. The molecular formula is C24H23N3O3. The Morgan fingerprint density at radius 1 is 0.733 bits per heavy atom. The second-order valence-corrected chi connectivity index (χ2v) is 6.81. The van der Waals surface area contributed by atoms with E-state index in [0.717, 1.165) is 11.1 Å². The molecule has 0 fully saturated rings. The van der Waals surface area contributed by atoms with Crippen LogP contribution in [-0.2, 0) is 4.79 Å². The highest BCUT2D eigenvalue weighted by molar-refractivity contribution is 5.99. The number of nitrogens with two attached hydrogens (primary N) is 1. The highest BCUT2D eigenvalue weighted by Crippen LogP contribution is 2.28. The highest BCUT2D eigenvalue weighted by atomic mass is 16.2. The van der Waals surface area contributed by atoms with Gasteiger partial charge in [0.1, 0.15) is 6.04 Å². The lowest BCUT2D eigenvalue weighted by Crippen LogP contribution is -2.49. The van der Waals surface area contributed by atoms with Gasteiger partial charge in [-0.3, -0.25) is 14.4 Å². The minimum Gasteiger partial charge on any atom is -0.366 e. The summed E-state index contributed by atoms with van der Waals surface area (Å²) in [5.41, 5.74) is 7.70. The number of carbonyl (C=O) groups excluding carboxylic acids is 3. The molecule has 6 nitrogen and oxygen atoms in total. The molecule has 0 saturated carbocycles. The van der Waals surface area contributed by atoms with Crippen LogP contribution in [0.4, 0.5) is 0 Å². The summed E-state index contributed by atoms with van der Waals surface area (Å²) < 4.78 is 0. The monoisotopic (exact) mass is 401 g/mol. The average molecular weight is 401 g/mol. The molecule has 0 aliphatic rings. The highest BCUT2D eigenvalue weighted by Gasteiger charge is 2.32. The second kappa shape index (κ2) is 9.52. The molecule has 0 saturated heterocycles. The van der Waals surface area contributed by atoms with Crippen molar-refractivity contribution < 1.29 is 14.4 Å². The van der Waals surface area contributed by atoms with E-state index in [1.807, 2.05) is 60.7 Å². The number of benzene rings is 3. The van der Waals surface area contributed by atoms with Crippen LogP contribution in [0.3, 0.4) is 0 Å². The van der Waals surface area contributed by atoms with Crippen LogP contribution < -0.4 is 16.4 Å². The predicted octanol–water partition coefficient (Wildman–Crippen LogP) is 2.46. The van der Waals surface area contributed by atoms with Crippen LogP contribution >= 0.6 is 0 Å². The molecule has 4 N–H and O–H groups in total. The average Bonchev–Trinajstić information content (AvgIpc) is 2.79. The van der Waals surface area contributed by atoms with Crippen LogP contribution in [0.15, 0.2) is 84.9 Å². The maximum absolute atomic E-state index is 12.9. The van der Waals surface area contributed by atoms with Gasteiger partial charge in [-0.05, 0) is 35.4 Å². The van der Waals surface area contributed by atoms with Gasteiger partial charge < -0.3 is 16.4 Å². The van der Waals surface area contributed by atoms with Gasteiger partial charge in [0.15, 0.2) is 0 Å². The second-order valence-electron chi connectivity index (χ2n) is 6.81. The third kappa shape index (κ3) is 4.72. The summed E-state index contributed by atoms with van der Waals surface area (Å²) in [6.07, 6.45) is 0. The molecule has 0 aromatic heterocycles. The number of nitrogens with one attached hydrogen (secondary N) is 2. The van der Waals surface area contributed by atoms with E-state index in [9.17, 15) is 14.4 Å². The first-order valence-electron chi connectivity index (χ1n) is 9.53. The molecule has 3 aromatic rings. The van der Waals surface area contributed by atoms with E-state index >= 15 is 0 Å². The van der Waals surface area contributed by atoms with Gasteiger partial charge in [0, 0.05) is 24.1 Å². The Balaban J connectivity index is 1.97. The quantitative estimate of drug-likeness (QED) is 0.567. The summed E-state index contributed by atoms with van der Waals surface area (Å²) >= 11 is 0. The van der Waals surface area contributed by atoms with E-state index in [1.54, 1.807) is 0 Å². The third-order valence-electron chi connectivity index (χ3n) is 4.90. The Labute approximate surface area is 175 Å². The summed E-state index contributed by atoms with van der Waals surface area (Å²) in [7, 11) is 1.54. The molecule has 152 valence electrons. The van der Waals surface area contributed by atoms with E-state index in [1.165, 1.54) is 31.3 Å². The van der Waals surface area contributed by atoms with Crippen LogP contribution in [0.5, 0.6) is 0 Å². The van der Waals surface area contributed by atoms with Crippen LogP contribution in [0.25, 0.3) is 0 Å². The van der Waals surface area contributed by atoms with Crippen LogP contribution in [-0.4, -0.2) is 30.8 Å².